The van der Waals surface area contributed by atoms with E-state index < -0.39 is 0 Å². The number of nitrogens with two attached hydrogens (primary N) is 1. The van der Waals surface area contributed by atoms with Gasteiger partial charge < -0.3 is 10.5 Å². The minimum Gasteiger partial charge on any atom is -0.493 e. The summed E-state index contributed by atoms with van der Waals surface area (Å²) in [6.45, 7) is 0.668. The molecule has 1 aromatic carbocycles. The summed E-state index contributed by atoms with van der Waals surface area (Å²) in [4.78, 5) is 0.167. The maximum atomic E-state index is 12.9. The third-order valence-electron chi connectivity index (χ3n) is 2.38. The Labute approximate surface area is 93.2 Å². The zero-order valence-electron chi connectivity index (χ0n) is 8.20. The average Bonchev–Trinajstić information content (AvgIpc) is 2.99. The normalized spacial score (nSPS) is 15.0. The van der Waals surface area contributed by atoms with Crippen LogP contribution < -0.4 is 10.5 Å². The zero-order chi connectivity index (χ0) is 10.8. The molecule has 2 N–H and O–H groups in total. The van der Waals surface area contributed by atoms with Gasteiger partial charge in [-0.1, -0.05) is 12.2 Å². The lowest BCUT2D eigenvalue weighted by molar-refractivity contribution is 0.299. The predicted molar refractivity (Wildman–Crippen MR) is 60.5 cm³/mol. The first-order valence-corrected chi connectivity index (χ1v) is 5.30. The number of hydrogen-bond acceptors (Lipinski definition) is 2. The van der Waals surface area contributed by atoms with Crippen LogP contribution in [0.25, 0.3) is 0 Å². The number of halogens is 1. The van der Waals surface area contributed by atoms with Crippen LogP contribution in [0.1, 0.15) is 18.4 Å². The Morgan fingerprint density at radius 1 is 1.53 bits per heavy atom. The Bertz CT molecular complexity index is 390. The van der Waals surface area contributed by atoms with Crippen molar-refractivity contribution in [2.45, 2.75) is 12.8 Å². The Hall–Kier alpha value is -1.16. The molecule has 15 heavy (non-hydrogen) atoms. The zero-order valence-corrected chi connectivity index (χ0v) is 9.02. The van der Waals surface area contributed by atoms with Crippen molar-refractivity contribution in [2.75, 3.05) is 6.61 Å². The second kappa shape index (κ2) is 4.14. The molecule has 4 heteroatoms. The molecular weight excluding hydrogens is 213 g/mol. The van der Waals surface area contributed by atoms with Crippen molar-refractivity contribution >= 4 is 17.2 Å². The molecular formula is C11H12FNOS. The Morgan fingerprint density at radius 2 is 2.27 bits per heavy atom. The fourth-order valence-corrected chi connectivity index (χ4v) is 1.47. The lowest BCUT2D eigenvalue weighted by atomic mass is 10.2. The molecule has 1 aromatic rings. The minimum atomic E-state index is -0.350. The highest BCUT2D eigenvalue weighted by molar-refractivity contribution is 7.80. The number of benzene rings is 1. The largest absolute Gasteiger partial charge is 0.493 e. The van der Waals surface area contributed by atoms with Gasteiger partial charge in [0.1, 0.15) is 16.6 Å². The summed E-state index contributed by atoms with van der Waals surface area (Å²) in [6.07, 6.45) is 2.42. The van der Waals surface area contributed by atoms with Crippen LogP contribution in [-0.2, 0) is 0 Å². The molecule has 0 saturated heterocycles. The summed E-state index contributed by atoms with van der Waals surface area (Å²) < 4.78 is 18.5. The van der Waals surface area contributed by atoms with E-state index >= 15 is 0 Å². The lowest BCUT2D eigenvalue weighted by Crippen LogP contribution is -2.13. The molecule has 1 fully saturated rings. The molecule has 0 heterocycles. The van der Waals surface area contributed by atoms with E-state index in [0.29, 0.717) is 23.8 Å². The summed E-state index contributed by atoms with van der Waals surface area (Å²) in [5.74, 6) is 0.877. The molecule has 0 aliphatic heterocycles. The quantitative estimate of drug-likeness (QED) is 0.798. The van der Waals surface area contributed by atoms with Gasteiger partial charge in [-0.15, -0.1) is 0 Å². The molecule has 2 nitrogen and oxygen atoms in total. The van der Waals surface area contributed by atoms with Crippen LogP contribution in [0.5, 0.6) is 5.75 Å². The molecule has 0 unspecified atom stereocenters. The van der Waals surface area contributed by atoms with E-state index in [0.717, 1.165) is 0 Å². The summed E-state index contributed by atoms with van der Waals surface area (Å²) in [5, 5.41) is 0. The van der Waals surface area contributed by atoms with Crippen LogP contribution in [0, 0.1) is 11.7 Å². The van der Waals surface area contributed by atoms with Gasteiger partial charge in [0.05, 0.1) is 12.2 Å². The molecule has 1 aliphatic rings. The molecule has 2 rings (SSSR count). The topological polar surface area (TPSA) is 35.2 Å². The van der Waals surface area contributed by atoms with Crippen LogP contribution in [0.15, 0.2) is 18.2 Å². The number of hydrogen-bond donors (Lipinski definition) is 1. The average molecular weight is 225 g/mol. The standard InChI is InChI=1S/C11H12FNOS/c12-8-3-4-10(9(5-8)11(13)15)14-6-7-1-2-7/h3-5,7H,1-2,6H2,(H2,13,15). The number of rotatable bonds is 4. The summed E-state index contributed by atoms with van der Waals surface area (Å²) in [7, 11) is 0. The summed E-state index contributed by atoms with van der Waals surface area (Å²) in [5.41, 5.74) is 5.97. The van der Waals surface area contributed by atoms with E-state index in [1.165, 1.54) is 25.0 Å². The van der Waals surface area contributed by atoms with E-state index in [-0.39, 0.29) is 10.8 Å². The van der Waals surface area contributed by atoms with Gasteiger partial charge in [-0.25, -0.2) is 4.39 Å². The highest BCUT2D eigenvalue weighted by Gasteiger charge is 2.22. The van der Waals surface area contributed by atoms with Gasteiger partial charge in [-0.3, -0.25) is 0 Å². The highest BCUT2D eigenvalue weighted by Crippen LogP contribution is 2.30. The van der Waals surface area contributed by atoms with Crippen molar-refractivity contribution in [2.24, 2.45) is 11.7 Å². The smallest absolute Gasteiger partial charge is 0.129 e. The van der Waals surface area contributed by atoms with Crippen molar-refractivity contribution in [3.05, 3.63) is 29.6 Å². The van der Waals surface area contributed by atoms with Gasteiger partial charge in [-0.2, -0.15) is 0 Å². The van der Waals surface area contributed by atoms with Crippen LogP contribution >= 0.6 is 12.2 Å². The highest BCUT2D eigenvalue weighted by atomic mass is 32.1. The fraction of sp³-hybridized carbons (Fsp3) is 0.364. The minimum absolute atomic E-state index is 0.167. The van der Waals surface area contributed by atoms with Crippen LogP contribution in [0.4, 0.5) is 4.39 Å². The molecule has 1 saturated carbocycles. The first kappa shape index (κ1) is 10.4. The molecule has 0 spiro atoms. The monoisotopic (exact) mass is 225 g/mol. The van der Waals surface area contributed by atoms with E-state index in [1.807, 2.05) is 0 Å². The molecule has 0 radical (unpaired) electrons. The van der Waals surface area contributed by atoms with Crippen molar-refractivity contribution in [1.82, 2.24) is 0 Å². The van der Waals surface area contributed by atoms with Crippen LogP contribution in [0.3, 0.4) is 0 Å². The van der Waals surface area contributed by atoms with Crippen molar-refractivity contribution < 1.29 is 9.13 Å². The van der Waals surface area contributed by atoms with E-state index in [4.69, 9.17) is 22.7 Å². The Kier molecular flexibility index (Phi) is 2.86. The first-order chi connectivity index (χ1) is 7.16. The van der Waals surface area contributed by atoms with Crippen molar-refractivity contribution in [1.29, 1.82) is 0 Å². The molecule has 0 bridgehead atoms. The second-order valence-electron chi connectivity index (χ2n) is 3.76. The van der Waals surface area contributed by atoms with Gasteiger partial charge >= 0.3 is 0 Å². The maximum Gasteiger partial charge on any atom is 0.129 e. The summed E-state index contributed by atoms with van der Waals surface area (Å²) in [6, 6.07) is 4.24. The molecule has 0 atom stereocenters. The molecule has 0 aromatic heterocycles. The van der Waals surface area contributed by atoms with E-state index in [2.05, 4.69) is 0 Å². The first-order valence-electron chi connectivity index (χ1n) is 4.89. The van der Waals surface area contributed by atoms with Crippen molar-refractivity contribution in [3.63, 3.8) is 0 Å². The lowest BCUT2D eigenvalue weighted by Gasteiger charge is -2.09. The molecule has 1 aliphatic carbocycles. The van der Waals surface area contributed by atoms with Gasteiger partial charge in [0.2, 0.25) is 0 Å². The number of thiocarbonyl (C=S) groups is 1. The van der Waals surface area contributed by atoms with E-state index in [1.54, 1.807) is 6.07 Å². The van der Waals surface area contributed by atoms with Crippen molar-refractivity contribution in [3.8, 4) is 5.75 Å². The maximum absolute atomic E-state index is 12.9. The number of ether oxygens (including phenoxy) is 1. The van der Waals surface area contributed by atoms with E-state index in [9.17, 15) is 4.39 Å². The Morgan fingerprint density at radius 3 is 2.87 bits per heavy atom. The predicted octanol–water partition coefficient (Wildman–Crippen LogP) is 2.25. The van der Waals surface area contributed by atoms with Crippen LogP contribution in [0.2, 0.25) is 0 Å². The van der Waals surface area contributed by atoms with Gasteiger partial charge in [0, 0.05) is 0 Å². The third-order valence-corrected chi connectivity index (χ3v) is 2.60. The SMILES string of the molecule is NC(=S)c1cc(F)ccc1OCC1CC1. The second-order valence-corrected chi connectivity index (χ2v) is 4.20. The third kappa shape index (κ3) is 2.65. The summed E-state index contributed by atoms with van der Waals surface area (Å²) >= 11 is 4.84. The molecule has 80 valence electrons. The van der Waals surface area contributed by atoms with Gasteiger partial charge in [0.15, 0.2) is 0 Å². The van der Waals surface area contributed by atoms with Gasteiger partial charge in [-0.05, 0) is 37.0 Å². The van der Waals surface area contributed by atoms with Crippen LogP contribution in [-0.4, -0.2) is 11.6 Å². The van der Waals surface area contributed by atoms with Gasteiger partial charge in [0.25, 0.3) is 0 Å². The molecule has 0 amide bonds. The fourth-order valence-electron chi connectivity index (χ4n) is 1.31. The Balaban J connectivity index is 2.15.